The highest BCUT2D eigenvalue weighted by Crippen LogP contribution is 1.81. The van der Waals surface area contributed by atoms with Crippen LogP contribution in [0.4, 0.5) is 0 Å². The van der Waals surface area contributed by atoms with Crippen LogP contribution in [0.15, 0.2) is 0 Å². The average molecular weight is 111 g/mol. The first-order valence-corrected chi connectivity index (χ1v) is 2.35. The van der Waals surface area contributed by atoms with Gasteiger partial charge in [0.1, 0.15) is 0 Å². The summed E-state index contributed by atoms with van der Waals surface area (Å²) in [5, 5.41) is 11.1. The number of tetrazole rings is 1. The molecule has 4 nitrogen and oxygen atoms in total. The van der Waals surface area contributed by atoms with Crippen molar-refractivity contribution in [2.24, 2.45) is 7.05 Å². The Hall–Kier alpha value is -0.930. The first kappa shape index (κ1) is 5.21. The summed E-state index contributed by atoms with van der Waals surface area (Å²) >= 11 is 0. The third-order valence-corrected chi connectivity index (χ3v) is 0.773. The van der Waals surface area contributed by atoms with Gasteiger partial charge in [0.25, 0.3) is 0 Å². The van der Waals surface area contributed by atoms with Crippen molar-refractivity contribution in [2.75, 3.05) is 0 Å². The Morgan fingerprint density at radius 1 is 1.75 bits per heavy atom. The maximum Gasteiger partial charge on any atom is 0.174 e. The molecule has 1 aromatic rings. The summed E-state index contributed by atoms with van der Waals surface area (Å²) in [4.78, 5) is 1.42. The highest BCUT2D eigenvalue weighted by atomic mass is 15.6. The van der Waals surface area contributed by atoms with Gasteiger partial charge in [-0.05, 0) is 12.1 Å². The molecule has 1 heterocycles. The van der Waals surface area contributed by atoms with Gasteiger partial charge in [0, 0.05) is 6.42 Å². The van der Waals surface area contributed by atoms with Crippen molar-refractivity contribution in [3.8, 4) is 0 Å². The van der Waals surface area contributed by atoms with E-state index in [0.29, 0.717) is 12.2 Å². The fraction of sp³-hybridized carbons (Fsp3) is 0.500. The number of nitrogens with zero attached hydrogens (tertiary/aromatic N) is 4. The van der Waals surface area contributed by atoms with E-state index in [4.69, 9.17) is 0 Å². The predicted molar refractivity (Wildman–Crippen MR) is 27.9 cm³/mol. The van der Waals surface area contributed by atoms with Gasteiger partial charge in [-0.15, -0.1) is 10.2 Å². The first-order chi connectivity index (χ1) is 3.83. The summed E-state index contributed by atoms with van der Waals surface area (Å²) in [5.74, 6) is 0.688. The largest absolute Gasteiger partial charge is 0.174 e. The molecular formula is C4H7N4. The van der Waals surface area contributed by atoms with Gasteiger partial charge in [-0.2, -0.15) is 4.80 Å². The zero-order valence-electron chi connectivity index (χ0n) is 4.70. The molecule has 0 unspecified atom stereocenters. The molecule has 0 aliphatic rings. The van der Waals surface area contributed by atoms with Gasteiger partial charge in [-0.1, -0.05) is 0 Å². The molecule has 0 aliphatic heterocycles. The third-order valence-electron chi connectivity index (χ3n) is 0.773. The van der Waals surface area contributed by atoms with Crippen LogP contribution < -0.4 is 0 Å². The maximum absolute atomic E-state index is 3.86. The van der Waals surface area contributed by atoms with Gasteiger partial charge in [-0.25, -0.2) is 0 Å². The lowest BCUT2D eigenvalue weighted by atomic mass is 10.5. The monoisotopic (exact) mass is 111 g/mol. The summed E-state index contributed by atoms with van der Waals surface area (Å²) in [5.41, 5.74) is 0. The van der Waals surface area contributed by atoms with Crippen LogP contribution in [0.3, 0.4) is 0 Å². The van der Waals surface area contributed by atoms with Gasteiger partial charge in [0.2, 0.25) is 0 Å². The van der Waals surface area contributed by atoms with Crippen molar-refractivity contribution in [3.63, 3.8) is 0 Å². The standard InChI is InChI=1S/C4H7N4/c1-3-4-5-7-8(2)6-4/h1,3H2,2H3. The molecule has 1 radical (unpaired) electrons. The molecule has 1 rings (SSSR count). The normalized spacial score (nSPS) is 9.75. The molecule has 0 amide bonds. The van der Waals surface area contributed by atoms with E-state index in [-0.39, 0.29) is 0 Å². The highest BCUT2D eigenvalue weighted by molar-refractivity contribution is 4.76. The first-order valence-electron chi connectivity index (χ1n) is 2.35. The second kappa shape index (κ2) is 1.90. The SMILES string of the molecule is [CH2]Cc1nnn(C)n1. The predicted octanol–water partition coefficient (Wildman–Crippen LogP) is -0.413. The van der Waals surface area contributed by atoms with E-state index in [9.17, 15) is 0 Å². The molecule has 0 atom stereocenters. The Kier molecular flexibility index (Phi) is 1.24. The average Bonchev–Trinajstić information content (AvgIpc) is 2.14. The van der Waals surface area contributed by atoms with Gasteiger partial charge in [0.05, 0.1) is 7.05 Å². The lowest BCUT2D eigenvalue weighted by Gasteiger charge is -1.77. The quantitative estimate of drug-likeness (QED) is 0.494. The van der Waals surface area contributed by atoms with Crippen molar-refractivity contribution in [2.45, 2.75) is 6.42 Å². The molecule has 1 aromatic heterocycles. The van der Waals surface area contributed by atoms with Gasteiger partial charge in [-0.3, -0.25) is 0 Å². The second-order valence-electron chi connectivity index (χ2n) is 1.45. The number of hydrogen-bond acceptors (Lipinski definition) is 3. The van der Waals surface area contributed by atoms with E-state index < -0.39 is 0 Å². The van der Waals surface area contributed by atoms with Crippen molar-refractivity contribution < 1.29 is 0 Å². The van der Waals surface area contributed by atoms with Crippen molar-refractivity contribution >= 4 is 0 Å². The molecular weight excluding hydrogens is 104 g/mol. The van der Waals surface area contributed by atoms with Crippen LogP contribution in [-0.4, -0.2) is 20.2 Å². The molecule has 8 heavy (non-hydrogen) atoms. The molecule has 0 N–H and O–H groups in total. The lowest BCUT2D eigenvalue weighted by molar-refractivity contribution is 0.628. The maximum atomic E-state index is 3.86. The number of rotatable bonds is 1. The van der Waals surface area contributed by atoms with E-state index in [1.807, 2.05) is 0 Å². The molecule has 0 bridgehead atoms. The van der Waals surface area contributed by atoms with Crippen molar-refractivity contribution in [1.29, 1.82) is 0 Å². The fourth-order valence-corrected chi connectivity index (χ4v) is 0.423. The van der Waals surface area contributed by atoms with Crippen molar-refractivity contribution in [3.05, 3.63) is 12.7 Å². The Morgan fingerprint density at radius 2 is 2.50 bits per heavy atom. The minimum absolute atomic E-state index is 0.605. The highest BCUT2D eigenvalue weighted by Gasteiger charge is 1.92. The van der Waals surface area contributed by atoms with E-state index in [0.717, 1.165) is 0 Å². The van der Waals surface area contributed by atoms with E-state index in [1.54, 1.807) is 7.05 Å². The number of aromatic nitrogens is 4. The van der Waals surface area contributed by atoms with Crippen molar-refractivity contribution in [1.82, 2.24) is 20.2 Å². The molecule has 4 heteroatoms. The molecule has 0 aliphatic carbocycles. The van der Waals surface area contributed by atoms with Gasteiger partial charge < -0.3 is 0 Å². The van der Waals surface area contributed by atoms with E-state index >= 15 is 0 Å². The molecule has 0 aromatic carbocycles. The van der Waals surface area contributed by atoms with Crippen LogP contribution in [0.1, 0.15) is 5.82 Å². The minimum atomic E-state index is 0.605. The second-order valence-corrected chi connectivity index (χ2v) is 1.45. The fourth-order valence-electron chi connectivity index (χ4n) is 0.423. The Bertz CT molecular complexity index is 168. The zero-order chi connectivity index (χ0) is 5.98. The summed E-state index contributed by atoms with van der Waals surface area (Å²) in [6.07, 6.45) is 0.605. The molecule has 0 spiro atoms. The summed E-state index contributed by atoms with van der Waals surface area (Å²) in [7, 11) is 1.73. The Labute approximate surface area is 47.5 Å². The summed E-state index contributed by atoms with van der Waals surface area (Å²) < 4.78 is 0. The summed E-state index contributed by atoms with van der Waals surface area (Å²) in [6, 6.07) is 0. The number of aryl methyl sites for hydroxylation is 1. The third kappa shape index (κ3) is 0.828. The molecule has 0 saturated carbocycles. The van der Waals surface area contributed by atoms with Crippen LogP contribution in [0.5, 0.6) is 0 Å². The van der Waals surface area contributed by atoms with Crippen LogP contribution in [0, 0.1) is 6.92 Å². The van der Waals surface area contributed by atoms with Gasteiger partial charge >= 0.3 is 0 Å². The Balaban J connectivity index is 2.84. The van der Waals surface area contributed by atoms with Crippen LogP contribution in [0.25, 0.3) is 0 Å². The minimum Gasteiger partial charge on any atom is -0.167 e. The van der Waals surface area contributed by atoms with Gasteiger partial charge in [0.15, 0.2) is 5.82 Å². The molecule has 0 fully saturated rings. The Morgan fingerprint density at radius 3 is 2.75 bits per heavy atom. The van der Waals surface area contributed by atoms with Crippen LogP contribution in [0.2, 0.25) is 0 Å². The van der Waals surface area contributed by atoms with Crippen LogP contribution >= 0.6 is 0 Å². The van der Waals surface area contributed by atoms with E-state index in [1.165, 1.54) is 4.80 Å². The zero-order valence-corrected chi connectivity index (χ0v) is 4.70. The van der Waals surface area contributed by atoms with Crippen LogP contribution in [-0.2, 0) is 13.5 Å². The smallest absolute Gasteiger partial charge is 0.167 e. The number of hydrogen-bond donors (Lipinski definition) is 0. The van der Waals surface area contributed by atoms with E-state index in [2.05, 4.69) is 22.3 Å². The molecule has 0 saturated heterocycles. The molecule has 43 valence electrons. The summed E-state index contributed by atoms with van der Waals surface area (Å²) in [6.45, 7) is 3.59. The topological polar surface area (TPSA) is 43.6 Å². The lowest BCUT2D eigenvalue weighted by Crippen LogP contribution is -1.92.